The molecule has 0 unspecified atom stereocenters. The molecule has 0 amide bonds. The van der Waals surface area contributed by atoms with Gasteiger partial charge in [-0.1, -0.05) is 49.1 Å². The molecule has 0 aromatic carbocycles. The zero-order valence-corrected chi connectivity index (χ0v) is 12.9. The first-order valence-corrected chi connectivity index (χ1v) is 6.87. The first kappa shape index (κ1) is 16.0. The van der Waals surface area contributed by atoms with Crippen LogP contribution in [-0.2, 0) is 0 Å². The highest BCUT2D eigenvalue weighted by Crippen LogP contribution is 2.34. The van der Waals surface area contributed by atoms with E-state index in [0.29, 0.717) is 5.70 Å². The van der Waals surface area contributed by atoms with Gasteiger partial charge in [-0.3, -0.25) is 0 Å². The Balaban J connectivity index is 3.19. The van der Waals surface area contributed by atoms with E-state index in [2.05, 4.69) is 44.9 Å². The zero-order chi connectivity index (χ0) is 15.3. The van der Waals surface area contributed by atoms with Crippen LogP contribution in [0.3, 0.4) is 0 Å². The minimum absolute atomic E-state index is 0.556. The van der Waals surface area contributed by atoms with Crippen LogP contribution in [0, 0.1) is 0 Å². The fraction of sp³-hybridized carbons (Fsp3) is 0.263. The predicted octanol–water partition coefficient (Wildman–Crippen LogP) is 5.13. The van der Waals surface area contributed by atoms with E-state index >= 15 is 0 Å². The molecule has 1 nitrogen and oxygen atoms in total. The van der Waals surface area contributed by atoms with Crippen molar-refractivity contribution in [2.75, 3.05) is 0 Å². The normalized spacial score (nSPS) is 19.1. The monoisotopic (exact) mass is 267 g/mol. The molecule has 0 spiro atoms. The lowest BCUT2D eigenvalue weighted by Crippen LogP contribution is -2.05. The van der Waals surface area contributed by atoms with Crippen LogP contribution in [0.2, 0.25) is 0 Å². The molecule has 0 saturated carbocycles. The molecule has 0 bridgehead atoms. The zero-order valence-electron chi connectivity index (χ0n) is 12.9. The van der Waals surface area contributed by atoms with Gasteiger partial charge >= 0.3 is 0 Å². The molecule has 1 aliphatic rings. The molecule has 1 aliphatic carbocycles. The summed E-state index contributed by atoms with van der Waals surface area (Å²) in [6, 6.07) is 0. The highest BCUT2D eigenvalue weighted by molar-refractivity contribution is 5.55. The van der Waals surface area contributed by atoms with Crippen LogP contribution in [-0.4, -0.2) is 0 Å². The van der Waals surface area contributed by atoms with Gasteiger partial charge in [0.05, 0.1) is 0 Å². The van der Waals surface area contributed by atoms with Gasteiger partial charge in [-0.25, -0.2) is 0 Å². The van der Waals surface area contributed by atoms with Crippen LogP contribution >= 0.6 is 0 Å². The Kier molecular flexibility index (Phi) is 5.57. The number of rotatable bonds is 4. The second-order valence-corrected chi connectivity index (χ2v) is 5.37. The van der Waals surface area contributed by atoms with Crippen LogP contribution in [0.15, 0.2) is 83.2 Å². The van der Waals surface area contributed by atoms with Gasteiger partial charge in [-0.2, -0.15) is 0 Å². The molecule has 0 heterocycles. The predicted molar refractivity (Wildman–Crippen MR) is 90.2 cm³/mol. The number of hydrogen-bond donors (Lipinski definition) is 1. The largest absolute Gasteiger partial charge is 0.399 e. The van der Waals surface area contributed by atoms with Gasteiger partial charge in [0.1, 0.15) is 0 Å². The maximum atomic E-state index is 5.84. The molecule has 0 fully saturated rings. The lowest BCUT2D eigenvalue weighted by molar-refractivity contribution is 0.952. The van der Waals surface area contributed by atoms with E-state index in [0.717, 1.165) is 29.6 Å². The van der Waals surface area contributed by atoms with Crippen molar-refractivity contribution in [2.45, 2.75) is 33.6 Å². The SMILES string of the molecule is C=C1C/C(=C\C=C\C)CC(C)=C1/C=C(/C(=C)C)C(=C)N. The third kappa shape index (κ3) is 3.99. The maximum Gasteiger partial charge on any atom is 0.0317 e. The third-order valence-electron chi connectivity index (χ3n) is 3.39. The van der Waals surface area contributed by atoms with Crippen molar-refractivity contribution in [1.29, 1.82) is 0 Å². The smallest absolute Gasteiger partial charge is 0.0317 e. The molecule has 1 heteroatoms. The summed E-state index contributed by atoms with van der Waals surface area (Å²) in [5.41, 5.74) is 13.3. The topological polar surface area (TPSA) is 26.0 Å². The van der Waals surface area contributed by atoms with E-state index in [-0.39, 0.29) is 0 Å². The van der Waals surface area contributed by atoms with Crippen LogP contribution in [0.1, 0.15) is 33.6 Å². The van der Waals surface area contributed by atoms with E-state index in [1.807, 2.05) is 19.9 Å². The van der Waals surface area contributed by atoms with Gasteiger partial charge in [-0.15, -0.1) is 0 Å². The first-order valence-electron chi connectivity index (χ1n) is 6.87. The molecule has 0 aromatic rings. The molecule has 0 atom stereocenters. The Morgan fingerprint density at radius 2 is 1.90 bits per heavy atom. The highest BCUT2D eigenvalue weighted by atomic mass is 14.6. The lowest BCUT2D eigenvalue weighted by Gasteiger charge is -2.22. The summed E-state index contributed by atoms with van der Waals surface area (Å²) in [6.07, 6.45) is 10.3. The molecular formula is C19H25N. The van der Waals surface area contributed by atoms with Crippen molar-refractivity contribution in [3.63, 3.8) is 0 Å². The Hall–Kier alpha value is -2.02. The van der Waals surface area contributed by atoms with E-state index in [4.69, 9.17) is 5.73 Å². The molecule has 2 N–H and O–H groups in total. The molecule has 20 heavy (non-hydrogen) atoms. The second kappa shape index (κ2) is 6.95. The fourth-order valence-electron chi connectivity index (χ4n) is 2.38. The van der Waals surface area contributed by atoms with E-state index in [1.54, 1.807) is 0 Å². The molecule has 0 saturated heterocycles. The quantitative estimate of drug-likeness (QED) is 0.702. The number of allylic oxidation sites excluding steroid dienone is 9. The highest BCUT2D eigenvalue weighted by Gasteiger charge is 2.15. The fourth-order valence-corrected chi connectivity index (χ4v) is 2.38. The molecule has 1 rings (SSSR count). The minimum Gasteiger partial charge on any atom is -0.399 e. The van der Waals surface area contributed by atoms with Gasteiger partial charge in [0.2, 0.25) is 0 Å². The summed E-state index contributed by atoms with van der Waals surface area (Å²) in [4.78, 5) is 0. The summed E-state index contributed by atoms with van der Waals surface area (Å²) in [5.74, 6) is 0. The first-order chi connectivity index (χ1) is 9.36. The van der Waals surface area contributed by atoms with E-state index < -0.39 is 0 Å². The standard InChI is InChI=1S/C19H25N/c1-7-8-9-17-10-14(4)19(15(5)11-17)12-18(13(2)3)16(6)20/h7-9,12H,2,4,6,10-11,20H2,1,3,5H3/b8-7+,17-9+,18-12-. The third-order valence-corrected chi connectivity index (χ3v) is 3.39. The molecule has 0 aromatic heterocycles. The Morgan fingerprint density at radius 3 is 2.35 bits per heavy atom. The molecular weight excluding hydrogens is 242 g/mol. The second-order valence-electron chi connectivity index (χ2n) is 5.37. The van der Waals surface area contributed by atoms with Gasteiger partial charge < -0.3 is 5.73 Å². The Morgan fingerprint density at radius 1 is 1.25 bits per heavy atom. The van der Waals surface area contributed by atoms with Crippen LogP contribution in [0.5, 0.6) is 0 Å². The van der Waals surface area contributed by atoms with Crippen molar-refractivity contribution in [2.24, 2.45) is 5.73 Å². The molecule has 0 radical (unpaired) electrons. The Bertz CT molecular complexity index is 547. The number of nitrogens with two attached hydrogens (primary N) is 1. The van der Waals surface area contributed by atoms with Crippen LogP contribution in [0.25, 0.3) is 0 Å². The van der Waals surface area contributed by atoms with Crippen molar-refractivity contribution < 1.29 is 0 Å². The summed E-state index contributed by atoms with van der Waals surface area (Å²) < 4.78 is 0. The van der Waals surface area contributed by atoms with Gasteiger partial charge in [0, 0.05) is 5.70 Å². The average molecular weight is 267 g/mol. The van der Waals surface area contributed by atoms with Crippen molar-refractivity contribution in [1.82, 2.24) is 0 Å². The molecule has 106 valence electrons. The average Bonchev–Trinajstić information content (AvgIpc) is 2.34. The van der Waals surface area contributed by atoms with Crippen LogP contribution < -0.4 is 5.73 Å². The Labute approximate surface area is 123 Å². The minimum atomic E-state index is 0.556. The summed E-state index contributed by atoms with van der Waals surface area (Å²) in [6.45, 7) is 18.1. The summed E-state index contributed by atoms with van der Waals surface area (Å²) in [7, 11) is 0. The van der Waals surface area contributed by atoms with Gasteiger partial charge in [-0.05, 0) is 62.0 Å². The van der Waals surface area contributed by atoms with Crippen molar-refractivity contribution in [3.8, 4) is 0 Å². The molecule has 0 aliphatic heterocycles. The van der Waals surface area contributed by atoms with E-state index in [9.17, 15) is 0 Å². The van der Waals surface area contributed by atoms with Crippen LogP contribution in [0.4, 0.5) is 0 Å². The number of hydrogen-bond acceptors (Lipinski definition) is 1. The van der Waals surface area contributed by atoms with Crippen molar-refractivity contribution >= 4 is 0 Å². The summed E-state index contributed by atoms with van der Waals surface area (Å²) in [5, 5.41) is 0. The maximum absolute atomic E-state index is 5.84. The summed E-state index contributed by atoms with van der Waals surface area (Å²) >= 11 is 0. The van der Waals surface area contributed by atoms with Gasteiger partial charge in [0.15, 0.2) is 0 Å². The van der Waals surface area contributed by atoms with Crippen molar-refractivity contribution in [3.05, 3.63) is 83.2 Å². The van der Waals surface area contributed by atoms with E-state index in [1.165, 1.54) is 16.7 Å². The van der Waals surface area contributed by atoms with Gasteiger partial charge in [0.25, 0.3) is 0 Å². The lowest BCUT2D eigenvalue weighted by atomic mass is 9.83.